The van der Waals surface area contributed by atoms with Crippen molar-refractivity contribution in [2.24, 2.45) is 13.0 Å². The van der Waals surface area contributed by atoms with Crippen LogP contribution in [0.3, 0.4) is 0 Å². The lowest BCUT2D eigenvalue weighted by Crippen LogP contribution is -2.41. The first-order valence-electron chi connectivity index (χ1n) is 6.36. The number of nitrogen functional groups attached to an aromatic ring is 1. The fourth-order valence-electron chi connectivity index (χ4n) is 2.52. The summed E-state index contributed by atoms with van der Waals surface area (Å²) in [4.78, 5) is 12.1. The quantitative estimate of drug-likeness (QED) is 0.808. The molecule has 98 valence electrons. The lowest BCUT2D eigenvalue weighted by Gasteiger charge is -2.19. The van der Waals surface area contributed by atoms with Gasteiger partial charge in [-0.2, -0.15) is 5.10 Å². The molecule has 0 aromatic carbocycles. The van der Waals surface area contributed by atoms with Gasteiger partial charge in [0.05, 0.1) is 18.3 Å². The number of amides is 1. The van der Waals surface area contributed by atoms with Crippen molar-refractivity contribution in [2.75, 3.05) is 12.3 Å². The molecule has 0 spiro atoms. The van der Waals surface area contributed by atoms with E-state index in [0.717, 1.165) is 13.0 Å². The molecule has 2 heterocycles. The Bertz CT molecular complexity index is 467. The lowest BCUT2D eigenvalue weighted by atomic mass is 10.1. The molecular formula is C12H18N4O2. The van der Waals surface area contributed by atoms with E-state index in [4.69, 9.17) is 10.5 Å². The minimum atomic E-state index is -0.151. The molecule has 2 atom stereocenters. The number of carbonyl (C=O) groups excluding carboxylic acids is 1. The van der Waals surface area contributed by atoms with Crippen molar-refractivity contribution in [2.45, 2.75) is 31.4 Å². The standard InChI is InChI=1S/C12H18N4O2/c1-16-11(13)8(6-14-16)12(17)15-9-4-5-18-10(9)7-2-3-7/h6-7,9-10H,2-5,13H2,1H3,(H,15,17). The number of rotatable bonds is 3. The zero-order valence-electron chi connectivity index (χ0n) is 10.4. The summed E-state index contributed by atoms with van der Waals surface area (Å²) in [5.74, 6) is 0.875. The minimum absolute atomic E-state index is 0.115. The summed E-state index contributed by atoms with van der Waals surface area (Å²) in [7, 11) is 1.72. The van der Waals surface area contributed by atoms with Crippen molar-refractivity contribution in [1.82, 2.24) is 15.1 Å². The third-order valence-electron chi connectivity index (χ3n) is 3.77. The summed E-state index contributed by atoms with van der Waals surface area (Å²) < 4.78 is 7.19. The Morgan fingerprint density at radius 2 is 2.33 bits per heavy atom. The van der Waals surface area contributed by atoms with E-state index in [1.54, 1.807) is 7.05 Å². The van der Waals surface area contributed by atoms with Crippen LogP contribution in [0, 0.1) is 5.92 Å². The summed E-state index contributed by atoms with van der Waals surface area (Å²) in [6.07, 6.45) is 5.00. The number of anilines is 1. The molecule has 1 saturated heterocycles. The van der Waals surface area contributed by atoms with Gasteiger partial charge in [-0.25, -0.2) is 0 Å². The number of hydrogen-bond donors (Lipinski definition) is 2. The zero-order valence-corrected chi connectivity index (χ0v) is 10.4. The first kappa shape index (κ1) is 11.5. The van der Waals surface area contributed by atoms with Gasteiger partial charge in [-0.1, -0.05) is 0 Å². The second-order valence-electron chi connectivity index (χ2n) is 5.11. The monoisotopic (exact) mass is 250 g/mol. The van der Waals surface area contributed by atoms with E-state index in [2.05, 4.69) is 10.4 Å². The first-order chi connectivity index (χ1) is 8.66. The molecule has 6 heteroatoms. The van der Waals surface area contributed by atoms with Crippen LogP contribution < -0.4 is 11.1 Å². The van der Waals surface area contributed by atoms with Gasteiger partial charge in [0.15, 0.2) is 0 Å². The van der Waals surface area contributed by atoms with Crippen LogP contribution in [0.5, 0.6) is 0 Å². The summed E-state index contributed by atoms with van der Waals surface area (Å²) in [6.45, 7) is 0.731. The van der Waals surface area contributed by atoms with E-state index in [-0.39, 0.29) is 18.1 Å². The van der Waals surface area contributed by atoms with Crippen LogP contribution in [0.2, 0.25) is 0 Å². The number of aryl methyl sites for hydroxylation is 1. The van der Waals surface area contributed by atoms with Crippen LogP contribution in [0.25, 0.3) is 0 Å². The third kappa shape index (κ3) is 1.96. The van der Waals surface area contributed by atoms with E-state index in [9.17, 15) is 4.79 Å². The van der Waals surface area contributed by atoms with Gasteiger partial charge >= 0.3 is 0 Å². The second-order valence-corrected chi connectivity index (χ2v) is 5.11. The molecule has 6 nitrogen and oxygen atoms in total. The highest BCUT2D eigenvalue weighted by atomic mass is 16.5. The Hall–Kier alpha value is -1.56. The molecule has 3 N–H and O–H groups in total. The smallest absolute Gasteiger partial charge is 0.256 e. The van der Waals surface area contributed by atoms with Crippen molar-refractivity contribution in [3.63, 3.8) is 0 Å². The van der Waals surface area contributed by atoms with Crippen LogP contribution in [0.1, 0.15) is 29.6 Å². The summed E-state index contributed by atoms with van der Waals surface area (Å²) in [6, 6.07) is 0.115. The molecular weight excluding hydrogens is 232 g/mol. The van der Waals surface area contributed by atoms with Crippen LogP contribution in [0.4, 0.5) is 5.82 Å². The highest BCUT2D eigenvalue weighted by Crippen LogP contribution is 2.38. The van der Waals surface area contributed by atoms with E-state index in [0.29, 0.717) is 17.3 Å². The Balaban J connectivity index is 1.68. The SMILES string of the molecule is Cn1ncc(C(=O)NC2CCOC2C2CC2)c1N. The maximum Gasteiger partial charge on any atom is 0.256 e. The van der Waals surface area contributed by atoms with E-state index in [1.165, 1.54) is 23.7 Å². The molecule has 1 aromatic heterocycles. The second kappa shape index (κ2) is 4.28. The van der Waals surface area contributed by atoms with Crippen LogP contribution in [0.15, 0.2) is 6.20 Å². The number of nitrogens with zero attached hydrogens (tertiary/aromatic N) is 2. The van der Waals surface area contributed by atoms with E-state index >= 15 is 0 Å². The largest absolute Gasteiger partial charge is 0.383 e. The van der Waals surface area contributed by atoms with Crippen molar-refractivity contribution in [3.8, 4) is 0 Å². The fraction of sp³-hybridized carbons (Fsp3) is 0.667. The maximum absolute atomic E-state index is 12.1. The van der Waals surface area contributed by atoms with Crippen molar-refractivity contribution in [1.29, 1.82) is 0 Å². The Morgan fingerprint density at radius 1 is 1.56 bits per heavy atom. The zero-order chi connectivity index (χ0) is 12.7. The van der Waals surface area contributed by atoms with Gasteiger partial charge in [0.1, 0.15) is 11.4 Å². The van der Waals surface area contributed by atoms with Gasteiger partial charge in [0.2, 0.25) is 0 Å². The Morgan fingerprint density at radius 3 is 2.94 bits per heavy atom. The van der Waals surface area contributed by atoms with Gasteiger partial charge in [-0.05, 0) is 25.2 Å². The van der Waals surface area contributed by atoms with Gasteiger partial charge in [-0.3, -0.25) is 9.48 Å². The van der Waals surface area contributed by atoms with Gasteiger partial charge in [0, 0.05) is 13.7 Å². The lowest BCUT2D eigenvalue weighted by molar-refractivity contribution is 0.0730. The number of nitrogens with one attached hydrogen (secondary N) is 1. The predicted octanol–water partition coefficient (Wildman–Crippen LogP) is 0.300. The van der Waals surface area contributed by atoms with Crippen LogP contribution >= 0.6 is 0 Å². The minimum Gasteiger partial charge on any atom is -0.383 e. The molecule has 3 rings (SSSR count). The third-order valence-corrected chi connectivity index (χ3v) is 3.77. The average molecular weight is 250 g/mol. The number of carbonyl (C=O) groups is 1. The van der Waals surface area contributed by atoms with Crippen LogP contribution in [-0.2, 0) is 11.8 Å². The molecule has 1 aliphatic carbocycles. The molecule has 18 heavy (non-hydrogen) atoms. The maximum atomic E-state index is 12.1. The number of nitrogens with two attached hydrogens (primary N) is 1. The average Bonchev–Trinajstić information content (AvgIpc) is 3.01. The van der Waals surface area contributed by atoms with Crippen molar-refractivity contribution >= 4 is 11.7 Å². The van der Waals surface area contributed by atoms with Gasteiger partial charge < -0.3 is 15.8 Å². The van der Waals surface area contributed by atoms with Gasteiger partial charge in [-0.15, -0.1) is 0 Å². The normalized spacial score (nSPS) is 27.4. The molecule has 1 saturated carbocycles. The number of ether oxygens (including phenoxy) is 1. The van der Waals surface area contributed by atoms with Gasteiger partial charge in [0.25, 0.3) is 5.91 Å². The summed E-state index contributed by atoms with van der Waals surface area (Å²) >= 11 is 0. The topological polar surface area (TPSA) is 82.2 Å². The molecule has 2 fully saturated rings. The Kier molecular flexibility index (Phi) is 2.74. The summed E-state index contributed by atoms with van der Waals surface area (Å²) in [5.41, 5.74) is 6.24. The predicted molar refractivity (Wildman–Crippen MR) is 66.0 cm³/mol. The van der Waals surface area contributed by atoms with Crippen LogP contribution in [-0.4, -0.2) is 34.4 Å². The van der Waals surface area contributed by atoms with Crippen molar-refractivity contribution in [3.05, 3.63) is 11.8 Å². The number of hydrogen-bond acceptors (Lipinski definition) is 4. The highest BCUT2D eigenvalue weighted by Gasteiger charge is 2.41. The molecule has 0 bridgehead atoms. The molecule has 1 aromatic rings. The molecule has 0 radical (unpaired) electrons. The summed E-state index contributed by atoms with van der Waals surface area (Å²) in [5, 5.41) is 7.00. The fourth-order valence-corrected chi connectivity index (χ4v) is 2.52. The van der Waals surface area contributed by atoms with Crippen molar-refractivity contribution < 1.29 is 9.53 Å². The first-order valence-corrected chi connectivity index (χ1v) is 6.36. The molecule has 1 aliphatic heterocycles. The number of aromatic nitrogens is 2. The van der Waals surface area contributed by atoms with E-state index < -0.39 is 0 Å². The Labute approximate surface area is 105 Å². The molecule has 2 aliphatic rings. The molecule has 2 unspecified atom stereocenters. The molecule has 1 amide bonds. The van der Waals surface area contributed by atoms with E-state index in [1.807, 2.05) is 0 Å². The highest BCUT2D eigenvalue weighted by molar-refractivity contribution is 5.98.